The number of aliphatic hydroxyl groups is 2. The SMILES string of the molecule is CCC1OC(OC(=Nc2ccccc2)C(F)(F)F)C(OC(=O)OCC2c3ccccc3-c3ccccc32)[C@@H](C)[C@@H]1C.CCC1O[C@H](C)C(O)[C@@H](C)[C@@H]1C.CCC1O[C@H](C)C(OC(=O)OCC2c3ccccc3-c3ccccc32)[C@@H](C)[C@@H]1C.CCC1O[C@H](C)C(OC(C)=O)[C@@H](C)[C@@H]1C.CCC1O[C@H](O)C(OC(=O)OCC2c3ccccc3-c3ccccc32)[C@@H](C)[C@@H]1C. The molecular formula is C103H132F3NO19. The Balaban J connectivity index is 0.000000162. The number of fused-ring (bicyclic) bond motifs is 9. The van der Waals surface area contributed by atoms with Crippen LogP contribution >= 0.6 is 0 Å². The van der Waals surface area contributed by atoms with Crippen molar-refractivity contribution in [2.24, 2.45) is 64.2 Å². The molecule has 0 aromatic heterocycles. The molecule has 684 valence electrons. The summed E-state index contributed by atoms with van der Waals surface area (Å²) in [5.74, 6) is -0.0314. The fourth-order valence-electron chi connectivity index (χ4n) is 19.6. The third kappa shape index (κ3) is 22.7. The number of aliphatic imine (C=N–C) groups is 1. The fourth-order valence-corrected chi connectivity index (χ4v) is 19.6. The van der Waals surface area contributed by atoms with E-state index in [4.69, 9.17) is 61.6 Å². The summed E-state index contributed by atoms with van der Waals surface area (Å²) in [6.07, 6.45) is -7.87. The Morgan fingerprint density at radius 3 is 0.952 bits per heavy atom. The van der Waals surface area contributed by atoms with E-state index in [1.807, 2.05) is 146 Å². The zero-order valence-electron chi connectivity index (χ0n) is 76.5. The number of hydrogen-bond acceptors (Lipinski definition) is 20. The molecule has 2 N–H and O–H groups in total. The topological polar surface area (TPSA) is 241 Å². The van der Waals surface area contributed by atoms with Gasteiger partial charge >= 0.3 is 30.6 Å². The molecule has 0 saturated carbocycles. The van der Waals surface area contributed by atoms with Crippen molar-refractivity contribution in [3.63, 3.8) is 0 Å². The van der Waals surface area contributed by atoms with Gasteiger partial charge in [-0.3, -0.25) is 4.79 Å². The Morgan fingerprint density at radius 1 is 0.333 bits per heavy atom. The van der Waals surface area contributed by atoms with Gasteiger partial charge in [0, 0.05) is 48.3 Å². The van der Waals surface area contributed by atoms with Gasteiger partial charge in [0.2, 0.25) is 6.29 Å². The lowest BCUT2D eigenvalue weighted by Gasteiger charge is -2.43. The van der Waals surface area contributed by atoms with Gasteiger partial charge in [0.15, 0.2) is 18.5 Å². The maximum Gasteiger partial charge on any atom is 0.508 e. The number of ether oxygens (including phenoxy) is 13. The molecule has 0 spiro atoms. The standard InChI is InChI=1S/C32H32F3NO5.C25H30O4.C24H28O5.C12H22O3.C10H20O2/c1-4-27-19(2)20(3)28(29(39-27)41-30(32(33,34)35)36-21-12-6-5-7-13-21)40-31(37)38-18-26-24-16-10-8-14-22(24)23-15-9-11-17-25(23)26;1-5-23-15(2)16(3)24(17(4)28-23)29-25(26)27-14-22-20-12-8-6-10-18(20)19-11-7-9-13-21(19)22;1-4-21-14(2)15(3)22(23(25)28-21)29-24(26)27-13-20-18-11-7-5-9-16(18)17-10-6-8-12-19(17)20;1-6-11-7(2)8(3)12(9(4)14-11)15-10(5)13;1-5-9-6(2)7(3)10(11)8(4)12-9/h5-17,19-20,26-29H,4,18H2,1-3H3;6-13,15-17,22-24H,5,14H2,1-4H3;5-12,14-15,20-23,25H,4,13H2,1-3H3;7-9,11-12H,6H2,1-5H3;6-11H,5H2,1-4H3/t19-,20-,27?,28?,29?;15-,16-,17+,23?,24?;14-,15-,21?,22?,23-;7-,8-,9+,11?,12?;6-,7-,8+,9?,10?/m00000/s1. The third-order valence-electron chi connectivity index (χ3n) is 27.9. The first-order chi connectivity index (χ1) is 60.2. The molecule has 7 aromatic rings. The predicted molar refractivity (Wildman–Crippen MR) is 478 cm³/mol. The number of carbonyl (C=O) groups is 4. The number of benzene rings is 7. The van der Waals surface area contributed by atoms with Gasteiger partial charge in [-0.25, -0.2) is 19.4 Å². The van der Waals surface area contributed by atoms with E-state index in [0.717, 1.165) is 59.1 Å². The van der Waals surface area contributed by atoms with Gasteiger partial charge < -0.3 is 71.8 Å². The maximum absolute atomic E-state index is 14.0. The van der Waals surface area contributed by atoms with Gasteiger partial charge in [-0.1, -0.05) is 268 Å². The van der Waals surface area contributed by atoms with E-state index in [1.165, 1.54) is 52.4 Å². The number of para-hydroxylation sites is 1. The van der Waals surface area contributed by atoms with E-state index >= 15 is 0 Å². The summed E-state index contributed by atoms with van der Waals surface area (Å²) in [6.45, 7) is 38.8. The van der Waals surface area contributed by atoms with Crippen molar-refractivity contribution in [1.29, 1.82) is 0 Å². The number of nitrogens with zero attached hydrogens (tertiary/aromatic N) is 1. The third-order valence-corrected chi connectivity index (χ3v) is 27.9. The Hall–Kier alpha value is -9.20. The highest BCUT2D eigenvalue weighted by Crippen LogP contribution is 2.49. The first-order valence-corrected chi connectivity index (χ1v) is 45.5. The highest BCUT2D eigenvalue weighted by atomic mass is 19.4. The van der Waals surface area contributed by atoms with Gasteiger partial charge in [0.1, 0.15) is 32.0 Å². The Bertz CT molecular complexity index is 4450. The molecular weight excluding hydrogens is 1610 g/mol. The van der Waals surface area contributed by atoms with Gasteiger partial charge in [0.05, 0.1) is 60.6 Å². The van der Waals surface area contributed by atoms with Crippen molar-refractivity contribution < 1.29 is 104 Å². The summed E-state index contributed by atoms with van der Waals surface area (Å²) in [5, 5.41) is 20.0. The first kappa shape index (κ1) is 97.4. The van der Waals surface area contributed by atoms with Crippen LogP contribution in [0.15, 0.2) is 181 Å². The maximum atomic E-state index is 14.0. The minimum absolute atomic E-state index is 0.00106. The van der Waals surface area contributed by atoms with E-state index in [2.05, 4.69) is 123 Å². The molecule has 25 atom stereocenters. The molecule has 5 fully saturated rings. The van der Waals surface area contributed by atoms with Crippen molar-refractivity contribution in [1.82, 2.24) is 0 Å². The zero-order valence-corrected chi connectivity index (χ0v) is 76.5. The summed E-state index contributed by atoms with van der Waals surface area (Å²) in [7, 11) is 0. The minimum atomic E-state index is -4.90. The van der Waals surface area contributed by atoms with Crippen LogP contribution in [-0.2, 0) is 66.4 Å². The molecule has 15 rings (SSSR count). The molecule has 20 nitrogen and oxygen atoms in total. The molecule has 0 radical (unpaired) electrons. The van der Waals surface area contributed by atoms with Gasteiger partial charge in [-0.05, 0) is 167 Å². The van der Waals surface area contributed by atoms with E-state index in [9.17, 15) is 42.6 Å². The molecule has 7 aromatic carbocycles. The van der Waals surface area contributed by atoms with Crippen molar-refractivity contribution in [3.8, 4) is 33.4 Å². The number of alkyl halides is 3. The molecule has 11 unspecified atom stereocenters. The highest BCUT2D eigenvalue weighted by Gasteiger charge is 2.51. The van der Waals surface area contributed by atoms with E-state index in [0.29, 0.717) is 48.2 Å². The van der Waals surface area contributed by atoms with Crippen LogP contribution in [0.1, 0.15) is 215 Å². The Kier molecular flexibility index (Phi) is 34.2. The number of esters is 1. The average Bonchev–Trinajstić information content (AvgIpc) is 1.51. The molecule has 3 aliphatic carbocycles. The number of halogens is 3. The van der Waals surface area contributed by atoms with Crippen LogP contribution in [0.3, 0.4) is 0 Å². The van der Waals surface area contributed by atoms with Crippen LogP contribution in [0.4, 0.5) is 33.2 Å². The van der Waals surface area contributed by atoms with E-state index in [-0.39, 0.29) is 128 Å². The summed E-state index contributed by atoms with van der Waals surface area (Å²) >= 11 is 0. The second-order valence-electron chi connectivity index (χ2n) is 35.4. The normalized spacial score (nSPS) is 30.6. The van der Waals surface area contributed by atoms with Crippen LogP contribution in [-0.4, -0.2) is 158 Å². The molecule has 5 heterocycles. The summed E-state index contributed by atoms with van der Waals surface area (Å²) < 4.78 is 115. The van der Waals surface area contributed by atoms with Crippen LogP contribution in [0.2, 0.25) is 0 Å². The average molecular weight is 1750 g/mol. The first-order valence-electron chi connectivity index (χ1n) is 45.5. The lowest BCUT2D eigenvalue weighted by molar-refractivity contribution is -0.253. The van der Waals surface area contributed by atoms with Crippen molar-refractivity contribution >= 4 is 36.0 Å². The van der Waals surface area contributed by atoms with Crippen LogP contribution < -0.4 is 0 Å². The monoisotopic (exact) mass is 1740 g/mol. The van der Waals surface area contributed by atoms with Crippen molar-refractivity contribution in [3.05, 3.63) is 209 Å². The Labute approximate surface area is 742 Å². The molecule has 126 heavy (non-hydrogen) atoms. The molecule has 23 heteroatoms. The fraction of sp³-hybridized carbons (Fsp3) is 0.544. The molecule has 5 aliphatic heterocycles. The molecule has 8 aliphatic rings. The van der Waals surface area contributed by atoms with Gasteiger partial charge in [-0.2, -0.15) is 13.2 Å². The lowest BCUT2D eigenvalue weighted by Crippen LogP contribution is -2.53. The van der Waals surface area contributed by atoms with E-state index < -0.39 is 61.4 Å². The zero-order chi connectivity index (χ0) is 91.1. The number of carbonyl (C=O) groups excluding carboxylic acids is 4. The van der Waals surface area contributed by atoms with Crippen LogP contribution in [0.25, 0.3) is 33.4 Å². The highest BCUT2D eigenvalue weighted by molar-refractivity contribution is 5.85. The second-order valence-corrected chi connectivity index (χ2v) is 35.4. The lowest BCUT2D eigenvalue weighted by atomic mass is 9.81. The minimum Gasteiger partial charge on any atom is -0.460 e. The number of hydrogen-bond donors (Lipinski definition) is 2. The summed E-state index contributed by atoms with van der Waals surface area (Å²) in [5.41, 5.74) is 13.8. The molecule has 5 saturated heterocycles. The summed E-state index contributed by atoms with van der Waals surface area (Å²) in [6, 6.07) is 56.5. The van der Waals surface area contributed by atoms with Gasteiger partial charge in [0.25, 0.3) is 5.90 Å². The van der Waals surface area contributed by atoms with Crippen molar-refractivity contribution in [2.75, 3.05) is 19.8 Å². The van der Waals surface area contributed by atoms with Crippen molar-refractivity contribution in [2.45, 2.75) is 280 Å². The smallest absolute Gasteiger partial charge is 0.460 e. The molecule has 0 bridgehead atoms. The summed E-state index contributed by atoms with van der Waals surface area (Å²) in [4.78, 5) is 52.6. The molecule has 0 amide bonds. The predicted octanol–water partition coefficient (Wildman–Crippen LogP) is 22.8. The van der Waals surface area contributed by atoms with Crippen LogP contribution in [0.5, 0.6) is 0 Å². The van der Waals surface area contributed by atoms with Gasteiger partial charge in [-0.15, -0.1) is 0 Å². The van der Waals surface area contributed by atoms with Crippen LogP contribution in [0, 0.1) is 59.2 Å². The quantitative estimate of drug-likeness (QED) is 0.0373. The van der Waals surface area contributed by atoms with E-state index in [1.54, 1.807) is 25.1 Å². The number of rotatable bonds is 17. The Morgan fingerprint density at radius 2 is 0.611 bits per heavy atom. The largest absolute Gasteiger partial charge is 0.508 e. The number of aliphatic hydroxyl groups excluding tert-OH is 2. The second kappa shape index (κ2) is 44.2.